The van der Waals surface area contributed by atoms with Crippen molar-refractivity contribution in [1.82, 2.24) is 4.90 Å². The lowest BCUT2D eigenvalue weighted by Gasteiger charge is -2.39. The molecule has 4 nitrogen and oxygen atoms in total. The van der Waals surface area contributed by atoms with Gasteiger partial charge >= 0.3 is 5.97 Å². The van der Waals surface area contributed by atoms with Crippen LogP contribution in [0.25, 0.3) is 0 Å². The molecule has 1 N–H and O–H groups in total. The molecule has 2 unspecified atom stereocenters. The lowest BCUT2D eigenvalue weighted by Crippen LogP contribution is -2.52. The predicted octanol–water partition coefficient (Wildman–Crippen LogP) is 2.11. The van der Waals surface area contributed by atoms with Gasteiger partial charge in [0.1, 0.15) is 11.8 Å². The number of likely N-dealkylation sites (tertiary alicyclic amines) is 1. The highest BCUT2D eigenvalue weighted by atomic mass is 16.4. The number of fused-ring (bicyclic) bond motifs is 2. The maximum Gasteiger partial charge on any atom is 0.321 e. The molecule has 0 amide bonds. The molecule has 1 aliphatic heterocycles. The van der Waals surface area contributed by atoms with Crippen LogP contribution in [-0.4, -0.2) is 33.8 Å². The van der Waals surface area contributed by atoms with Gasteiger partial charge in [-0.1, -0.05) is 37.3 Å². The van der Waals surface area contributed by atoms with E-state index in [1.807, 2.05) is 49.1 Å². The fourth-order valence-corrected chi connectivity index (χ4v) is 3.92. The van der Waals surface area contributed by atoms with Gasteiger partial charge in [0.2, 0.25) is 0 Å². The Balaban J connectivity index is 1.95. The van der Waals surface area contributed by atoms with E-state index in [4.69, 9.17) is 0 Å². The summed E-state index contributed by atoms with van der Waals surface area (Å²) in [5.74, 6) is -1.14. The molecule has 2 bridgehead atoms. The summed E-state index contributed by atoms with van der Waals surface area (Å²) in [6.07, 6.45) is 0.689. The van der Waals surface area contributed by atoms with Crippen molar-refractivity contribution in [2.75, 3.05) is 0 Å². The second-order valence-electron chi connectivity index (χ2n) is 5.92. The molecule has 1 heterocycles. The first-order chi connectivity index (χ1) is 9.52. The maximum atomic E-state index is 12.1. The molecule has 1 saturated heterocycles. The van der Waals surface area contributed by atoms with Gasteiger partial charge in [0.05, 0.1) is 0 Å². The normalized spacial score (nSPS) is 34.4. The first-order valence-corrected chi connectivity index (χ1v) is 7.11. The number of hydrogen-bond donors (Lipinski definition) is 1. The number of Topliss-reactive ketones (excluding diaryl/α,β-unsaturated/α-hetero) is 1. The second-order valence-corrected chi connectivity index (χ2v) is 5.92. The summed E-state index contributed by atoms with van der Waals surface area (Å²) in [6, 6.07) is 9.32. The van der Waals surface area contributed by atoms with E-state index in [9.17, 15) is 14.7 Å². The number of rotatable bonds is 3. The van der Waals surface area contributed by atoms with E-state index < -0.39 is 12.0 Å². The Morgan fingerprint density at radius 1 is 1.35 bits per heavy atom. The fourth-order valence-electron chi connectivity index (χ4n) is 3.92. The van der Waals surface area contributed by atoms with E-state index in [0.717, 1.165) is 5.56 Å². The first-order valence-electron chi connectivity index (χ1n) is 7.11. The number of carbonyl (C=O) groups is 2. The highest BCUT2D eigenvalue weighted by Crippen LogP contribution is 2.47. The minimum Gasteiger partial charge on any atom is -0.480 e. The van der Waals surface area contributed by atoms with Crippen LogP contribution in [0.1, 0.15) is 31.9 Å². The zero-order valence-corrected chi connectivity index (χ0v) is 11.7. The molecule has 2 fully saturated rings. The molecule has 20 heavy (non-hydrogen) atoms. The molecule has 1 aliphatic carbocycles. The standard InChI is InChI=1S/C16H19NO3/c1-9-13-8-12(15(9)18)14(16(19)20)17(13)10(2)11-6-4-3-5-7-11/h3-7,9-10,12-14H,8H2,1-2H3,(H,19,20)/t9?,10-,12+,13+,14?/m1/s1. The van der Waals surface area contributed by atoms with Crippen molar-refractivity contribution in [2.24, 2.45) is 11.8 Å². The maximum absolute atomic E-state index is 12.1. The number of nitrogens with zero attached hydrogens (tertiary/aromatic N) is 1. The molecular weight excluding hydrogens is 254 g/mol. The lowest BCUT2D eigenvalue weighted by molar-refractivity contribution is -0.151. The van der Waals surface area contributed by atoms with Crippen molar-refractivity contribution in [3.8, 4) is 0 Å². The van der Waals surface area contributed by atoms with E-state index >= 15 is 0 Å². The lowest BCUT2D eigenvalue weighted by atomic mass is 9.90. The molecule has 4 heteroatoms. The van der Waals surface area contributed by atoms with Crippen molar-refractivity contribution < 1.29 is 14.7 Å². The molecule has 1 aromatic rings. The van der Waals surface area contributed by atoms with Gasteiger partial charge in [0, 0.05) is 23.9 Å². The fraction of sp³-hybridized carbons (Fsp3) is 0.500. The zero-order chi connectivity index (χ0) is 14.4. The van der Waals surface area contributed by atoms with Crippen LogP contribution in [0, 0.1) is 11.8 Å². The smallest absolute Gasteiger partial charge is 0.321 e. The van der Waals surface area contributed by atoms with Gasteiger partial charge in [-0.25, -0.2) is 0 Å². The number of carboxylic acid groups (broad SMARTS) is 1. The summed E-state index contributed by atoms with van der Waals surface area (Å²) in [5.41, 5.74) is 1.10. The Labute approximate surface area is 118 Å². The number of aliphatic carboxylic acids is 1. The summed E-state index contributed by atoms with van der Waals surface area (Å²) < 4.78 is 0. The Bertz CT molecular complexity index is 542. The van der Waals surface area contributed by atoms with Crippen LogP contribution in [0.2, 0.25) is 0 Å². The Morgan fingerprint density at radius 3 is 2.60 bits per heavy atom. The molecule has 106 valence electrons. The molecule has 0 radical (unpaired) electrons. The van der Waals surface area contributed by atoms with Crippen LogP contribution < -0.4 is 0 Å². The van der Waals surface area contributed by atoms with Crippen molar-refractivity contribution in [3.05, 3.63) is 35.9 Å². The molecule has 1 aromatic carbocycles. The van der Waals surface area contributed by atoms with E-state index in [-0.39, 0.29) is 29.7 Å². The van der Waals surface area contributed by atoms with Gasteiger partial charge in [-0.15, -0.1) is 0 Å². The van der Waals surface area contributed by atoms with Crippen molar-refractivity contribution in [3.63, 3.8) is 0 Å². The zero-order valence-electron chi connectivity index (χ0n) is 11.7. The topological polar surface area (TPSA) is 57.6 Å². The van der Waals surface area contributed by atoms with E-state index in [1.165, 1.54) is 0 Å². The van der Waals surface area contributed by atoms with Gasteiger partial charge in [0.25, 0.3) is 0 Å². The third-order valence-corrected chi connectivity index (χ3v) is 4.95. The Morgan fingerprint density at radius 2 is 2.00 bits per heavy atom. The Hall–Kier alpha value is -1.68. The molecule has 5 atom stereocenters. The van der Waals surface area contributed by atoms with Crippen molar-refractivity contribution in [1.29, 1.82) is 0 Å². The van der Waals surface area contributed by atoms with Crippen LogP contribution in [0.3, 0.4) is 0 Å². The largest absolute Gasteiger partial charge is 0.480 e. The molecule has 3 rings (SSSR count). The number of ketones is 1. The molecule has 0 aromatic heterocycles. The third kappa shape index (κ3) is 1.79. The van der Waals surface area contributed by atoms with E-state index in [0.29, 0.717) is 6.42 Å². The van der Waals surface area contributed by atoms with Crippen LogP contribution in [-0.2, 0) is 9.59 Å². The summed E-state index contributed by atoms with van der Waals surface area (Å²) in [4.78, 5) is 25.7. The summed E-state index contributed by atoms with van der Waals surface area (Å²) >= 11 is 0. The number of benzene rings is 1. The van der Waals surface area contributed by atoms with Gasteiger partial charge in [-0.3, -0.25) is 14.5 Å². The van der Waals surface area contributed by atoms with E-state index in [1.54, 1.807) is 0 Å². The first kappa shape index (κ1) is 13.3. The highest BCUT2D eigenvalue weighted by Gasteiger charge is 2.58. The summed E-state index contributed by atoms with van der Waals surface area (Å²) in [5, 5.41) is 9.51. The van der Waals surface area contributed by atoms with Crippen LogP contribution in [0.5, 0.6) is 0 Å². The minimum absolute atomic E-state index is 0.0165. The number of carboxylic acids is 1. The molecule has 0 spiro atoms. The predicted molar refractivity (Wildman–Crippen MR) is 74.2 cm³/mol. The summed E-state index contributed by atoms with van der Waals surface area (Å²) in [6.45, 7) is 3.96. The second kappa shape index (κ2) is 4.70. The Kier molecular flexibility index (Phi) is 3.13. The number of piperidine rings is 1. The third-order valence-electron chi connectivity index (χ3n) is 4.95. The van der Waals surface area contributed by atoms with Crippen LogP contribution in [0.15, 0.2) is 30.3 Å². The SMILES string of the molecule is CC1C(=O)[C@H]2C[C@@H]1N([C@H](C)c1ccccc1)C2C(=O)O. The van der Waals surface area contributed by atoms with Crippen molar-refractivity contribution >= 4 is 11.8 Å². The van der Waals surface area contributed by atoms with Crippen molar-refractivity contribution in [2.45, 2.75) is 38.4 Å². The molecule has 1 saturated carbocycles. The monoisotopic (exact) mass is 273 g/mol. The summed E-state index contributed by atoms with van der Waals surface area (Å²) in [7, 11) is 0. The minimum atomic E-state index is -0.875. The number of hydrogen-bond acceptors (Lipinski definition) is 3. The average Bonchev–Trinajstić information content (AvgIpc) is 2.97. The number of carbonyl (C=O) groups excluding carboxylic acids is 1. The van der Waals surface area contributed by atoms with Gasteiger partial charge in [0.15, 0.2) is 0 Å². The van der Waals surface area contributed by atoms with Crippen LogP contribution in [0.4, 0.5) is 0 Å². The molecular formula is C16H19NO3. The van der Waals surface area contributed by atoms with Crippen LogP contribution >= 0.6 is 0 Å². The highest BCUT2D eigenvalue weighted by molar-refractivity contribution is 5.93. The van der Waals surface area contributed by atoms with Gasteiger partial charge in [-0.2, -0.15) is 0 Å². The quantitative estimate of drug-likeness (QED) is 0.916. The van der Waals surface area contributed by atoms with Gasteiger partial charge in [-0.05, 0) is 18.9 Å². The van der Waals surface area contributed by atoms with E-state index in [2.05, 4.69) is 0 Å². The molecule has 2 aliphatic rings. The average molecular weight is 273 g/mol. The van der Waals surface area contributed by atoms with Gasteiger partial charge < -0.3 is 5.11 Å².